The highest BCUT2D eigenvalue weighted by atomic mass is 32.2. The first-order valence-electron chi connectivity index (χ1n) is 8.14. The Bertz CT molecular complexity index is 631. The number of carbonyl (C=O) groups is 5. The molecule has 10 heteroatoms. The number of hydrogen-bond donors (Lipinski definition) is 0. The number of rotatable bonds is 8. The lowest BCUT2D eigenvalue weighted by Gasteiger charge is -2.17. The van der Waals surface area contributed by atoms with Gasteiger partial charge in [0.2, 0.25) is 17.7 Å². The van der Waals surface area contributed by atoms with Crippen LogP contribution in [0.15, 0.2) is 11.1 Å². The third kappa shape index (κ3) is 5.32. The van der Waals surface area contributed by atoms with Gasteiger partial charge in [0.1, 0.15) is 0 Å². The Morgan fingerprint density at radius 1 is 1.08 bits per heavy atom. The van der Waals surface area contributed by atoms with Crippen LogP contribution in [0.4, 0.5) is 0 Å². The summed E-state index contributed by atoms with van der Waals surface area (Å²) < 4.78 is 9.61. The number of nitrogens with zero attached hydrogens (tertiary/aromatic N) is 2. The second-order valence-electron chi connectivity index (χ2n) is 5.60. The van der Waals surface area contributed by atoms with Crippen LogP contribution < -0.4 is 0 Å². The van der Waals surface area contributed by atoms with E-state index in [0.717, 1.165) is 4.90 Å². The van der Waals surface area contributed by atoms with Gasteiger partial charge < -0.3 is 14.4 Å². The summed E-state index contributed by atoms with van der Waals surface area (Å²) in [5.74, 6) is -1.45. The highest BCUT2D eigenvalue weighted by Crippen LogP contribution is 2.28. The first kappa shape index (κ1) is 20.0. The predicted molar refractivity (Wildman–Crippen MR) is 90.4 cm³/mol. The lowest BCUT2D eigenvalue weighted by molar-refractivity contribution is -0.145. The number of esters is 2. The summed E-state index contributed by atoms with van der Waals surface area (Å²) >= 11 is 1.25. The largest absolute Gasteiger partial charge is 0.466 e. The molecular weight excluding hydrogens is 364 g/mol. The summed E-state index contributed by atoms with van der Waals surface area (Å²) in [5, 5.41) is 0.513. The monoisotopic (exact) mass is 384 g/mol. The van der Waals surface area contributed by atoms with Gasteiger partial charge in [-0.2, -0.15) is 0 Å². The minimum atomic E-state index is -0.537. The topological polar surface area (TPSA) is 110 Å². The van der Waals surface area contributed by atoms with Crippen LogP contribution in [0.1, 0.15) is 25.7 Å². The normalized spacial score (nSPS) is 18.8. The smallest absolute Gasteiger partial charge is 0.333 e. The third-order valence-electron chi connectivity index (χ3n) is 3.84. The maximum absolute atomic E-state index is 11.8. The van der Waals surface area contributed by atoms with E-state index in [-0.39, 0.29) is 55.9 Å². The van der Waals surface area contributed by atoms with E-state index in [4.69, 9.17) is 4.74 Å². The van der Waals surface area contributed by atoms with Gasteiger partial charge in [-0.25, -0.2) is 4.79 Å². The molecule has 2 aliphatic heterocycles. The number of ether oxygens (including phenoxy) is 2. The summed E-state index contributed by atoms with van der Waals surface area (Å²) in [6.07, 6.45) is 1.99. The van der Waals surface area contributed by atoms with Crippen molar-refractivity contribution in [3.8, 4) is 0 Å². The molecule has 26 heavy (non-hydrogen) atoms. The summed E-state index contributed by atoms with van der Waals surface area (Å²) in [6, 6.07) is 0. The lowest BCUT2D eigenvalue weighted by atomic mass is 10.3. The predicted octanol–water partition coefficient (Wildman–Crippen LogP) is 0.0486. The van der Waals surface area contributed by atoms with E-state index >= 15 is 0 Å². The molecular formula is C16H20N2O7S. The first-order chi connectivity index (χ1) is 12.4. The molecule has 2 rings (SSSR count). The van der Waals surface area contributed by atoms with Gasteiger partial charge in [0.05, 0.1) is 37.0 Å². The molecule has 2 heterocycles. The molecule has 0 bridgehead atoms. The lowest BCUT2D eigenvalue weighted by Crippen LogP contribution is -2.31. The quantitative estimate of drug-likeness (QED) is 0.250. The van der Waals surface area contributed by atoms with Crippen molar-refractivity contribution in [3.63, 3.8) is 0 Å². The van der Waals surface area contributed by atoms with E-state index in [1.807, 2.05) is 0 Å². The minimum absolute atomic E-state index is 0.0315. The molecule has 2 saturated heterocycles. The van der Waals surface area contributed by atoms with Crippen molar-refractivity contribution in [2.24, 2.45) is 0 Å². The van der Waals surface area contributed by atoms with E-state index in [0.29, 0.717) is 18.0 Å². The van der Waals surface area contributed by atoms with Gasteiger partial charge in [0, 0.05) is 25.9 Å². The van der Waals surface area contributed by atoms with Gasteiger partial charge in [-0.15, -0.1) is 0 Å². The molecule has 0 aromatic carbocycles. The second kappa shape index (κ2) is 9.37. The fourth-order valence-corrected chi connectivity index (χ4v) is 3.44. The summed E-state index contributed by atoms with van der Waals surface area (Å²) in [4.78, 5) is 60.2. The molecule has 0 aliphatic carbocycles. The van der Waals surface area contributed by atoms with Gasteiger partial charge in [-0.05, 0) is 6.42 Å². The zero-order valence-electron chi connectivity index (χ0n) is 14.4. The summed E-state index contributed by atoms with van der Waals surface area (Å²) in [5.41, 5.74) is 0. The van der Waals surface area contributed by atoms with E-state index in [1.54, 1.807) is 0 Å². The van der Waals surface area contributed by atoms with Crippen molar-refractivity contribution < 1.29 is 33.4 Å². The van der Waals surface area contributed by atoms with Crippen LogP contribution in [-0.2, 0) is 33.4 Å². The van der Waals surface area contributed by atoms with E-state index in [9.17, 15) is 24.0 Å². The van der Waals surface area contributed by atoms with Gasteiger partial charge in [0.25, 0.3) is 0 Å². The molecule has 0 unspecified atom stereocenters. The van der Waals surface area contributed by atoms with Crippen molar-refractivity contribution >= 4 is 41.4 Å². The maximum Gasteiger partial charge on any atom is 0.333 e. The van der Waals surface area contributed by atoms with Crippen LogP contribution in [0, 0.1) is 0 Å². The summed E-state index contributed by atoms with van der Waals surface area (Å²) in [7, 11) is 1.26. The van der Waals surface area contributed by atoms with Gasteiger partial charge in [-0.3, -0.25) is 24.1 Å². The van der Waals surface area contributed by atoms with Crippen molar-refractivity contribution in [1.29, 1.82) is 0 Å². The molecule has 0 atom stereocenters. The van der Waals surface area contributed by atoms with Crippen molar-refractivity contribution in [1.82, 2.24) is 9.80 Å². The van der Waals surface area contributed by atoms with Crippen LogP contribution >= 0.6 is 11.8 Å². The minimum Gasteiger partial charge on any atom is -0.466 e. The summed E-state index contributed by atoms with van der Waals surface area (Å²) in [6.45, 7) is 0.440. The fraction of sp³-hybridized carbons (Fsp3) is 0.562. The molecule has 0 aromatic rings. The third-order valence-corrected chi connectivity index (χ3v) is 4.86. The second-order valence-corrected chi connectivity index (χ2v) is 6.60. The Hall–Kier alpha value is -2.36. The van der Waals surface area contributed by atoms with Crippen LogP contribution in [-0.4, -0.2) is 72.0 Å². The molecule has 0 saturated carbocycles. The SMILES string of the molecule is COC(=O)/C=C1/SCC(=O)N1CCCOC(=O)CCN1C(=O)CCC1=O. The van der Waals surface area contributed by atoms with Gasteiger partial charge >= 0.3 is 11.9 Å². The molecule has 0 radical (unpaired) electrons. The molecule has 0 N–H and O–H groups in total. The van der Waals surface area contributed by atoms with Crippen LogP contribution in [0.2, 0.25) is 0 Å². The zero-order chi connectivity index (χ0) is 19.1. The van der Waals surface area contributed by atoms with Crippen molar-refractivity contribution in [2.75, 3.05) is 32.6 Å². The number of methoxy groups -OCH3 is 1. The van der Waals surface area contributed by atoms with E-state index in [2.05, 4.69) is 4.74 Å². The Labute approximate surface area is 154 Å². The fourth-order valence-electron chi connectivity index (χ4n) is 2.48. The maximum atomic E-state index is 11.8. The zero-order valence-corrected chi connectivity index (χ0v) is 15.2. The van der Waals surface area contributed by atoms with E-state index in [1.165, 1.54) is 29.8 Å². The van der Waals surface area contributed by atoms with Crippen molar-refractivity contribution in [2.45, 2.75) is 25.7 Å². The number of carbonyl (C=O) groups excluding carboxylic acids is 5. The van der Waals surface area contributed by atoms with Crippen molar-refractivity contribution in [3.05, 3.63) is 11.1 Å². The number of imide groups is 1. The number of amides is 3. The van der Waals surface area contributed by atoms with Gasteiger partial charge in [-0.1, -0.05) is 11.8 Å². The Morgan fingerprint density at radius 2 is 1.77 bits per heavy atom. The molecule has 2 fully saturated rings. The highest BCUT2D eigenvalue weighted by Gasteiger charge is 2.29. The average Bonchev–Trinajstić information content (AvgIpc) is 3.12. The Morgan fingerprint density at radius 3 is 2.42 bits per heavy atom. The molecule has 0 spiro atoms. The molecule has 3 amide bonds. The Kier molecular flexibility index (Phi) is 7.19. The molecule has 9 nitrogen and oxygen atoms in total. The van der Waals surface area contributed by atoms with Crippen LogP contribution in [0.3, 0.4) is 0 Å². The van der Waals surface area contributed by atoms with Crippen LogP contribution in [0.25, 0.3) is 0 Å². The van der Waals surface area contributed by atoms with Crippen LogP contribution in [0.5, 0.6) is 0 Å². The molecule has 0 aromatic heterocycles. The first-order valence-corrected chi connectivity index (χ1v) is 9.12. The van der Waals surface area contributed by atoms with E-state index < -0.39 is 11.9 Å². The average molecular weight is 384 g/mol. The standard InChI is InChI=1S/C16H20N2O7S/c1-24-16(23)9-14-18(13(21)10-26-14)6-2-8-25-15(22)5-7-17-11(19)3-4-12(17)20/h9H,2-8,10H2,1H3/b14-9+. The number of likely N-dealkylation sites (tertiary alicyclic amines) is 1. The van der Waals surface area contributed by atoms with Gasteiger partial charge in [0.15, 0.2) is 0 Å². The number of hydrogen-bond acceptors (Lipinski definition) is 8. The highest BCUT2D eigenvalue weighted by molar-refractivity contribution is 8.04. The number of thioether (sulfide) groups is 1. The Balaban J connectivity index is 1.69. The molecule has 2 aliphatic rings. The molecule has 142 valence electrons.